The van der Waals surface area contributed by atoms with E-state index in [9.17, 15) is 4.79 Å². The fourth-order valence-corrected chi connectivity index (χ4v) is 2.60. The average Bonchev–Trinajstić information content (AvgIpc) is 2.33. The van der Waals surface area contributed by atoms with Crippen molar-refractivity contribution < 1.29 is 9.53 Å². The molecule has 0 radical (unpaired) electrons. The lowest BCUT2D eigenvalue weighted by Gasteiger charge is -2.35. The predicted octanol–water partition coefficient (Wildman–Crippen LogP) is 2.83. The van der Waals surface area contributed by atoms with Crippen LogP contribution in [0, 0.1) is 0 Å². The van der Waals surface area contributed by atoms with Gasteiger partial charge in [-0.2, -0.15) is 0 Å². The first-order valence-corrected chi connectivity index (χ1v) is 6.83. The molecule has 1 fully saturated rings. The summed E-state index contributed by atoms with van der Waals surface area (Å²) in [6.07, 6.45) is 0.0423. The second-order valence-electron chi connectivity index (χ2n) is 4.83. The van der Waals surface area contributed by atoms with Gasteiger partial charge < -0.3 is 15.4 Å². The highest BCUT2D eigenvalue weighted by Gasteiger charge is 2.27. The zero-order chi connectivity index (χ0) is 14.2. The van der Waals surface area contributed by atoms with Gasteiger partial charge >= 0.3 is 0 Å². The van der Waals surface area contributed by atoms with Gasteiger partial charge in [-0.15, -0.1) is 0 Å². The van der Waals surface area contributed by atoms with Gasteiger partial charge in [-0.1, -0.05) is 23.2 Å². The molecule has 1 saturated heterocycles. The normalized spacial score (nSPS) is 23.5. The third kappa shape index (κ3) is 3.14. The van der Waals surface area contributed by atoms with E-state index in [1.54, 1.807) is 17.0 Å². The average molecular weight is 303 g/mol. The first-order valence-electron chi connectivity index (χ1n) is 6.07. The fourth-order valence-electron chi connectivity index (χ4n) is 2.26. The second-order valence-corrected chi connectivity index (χ2v) is 5.61. The van der Waals surface area contributed by atoms with Crippen LogP contribution in [0.25, 0.3) is 0 Å². The van der Waals surface area contributed by atoms with Crippen LogP contribution >= 0.6 is 23.2 Å². The van der Waals surface area contributed by atoms with Gasteiger partial charge in [0.15, 0.2) is 0 Å². The van der Waals surface area contributed by atoms with Gasteiger partial charge in [-0.3, -0.25) is 4.79 Å². The number of anilines is 1. The molecule has 2 atom stereocenters. The van der Waals surface area contributed by atoms with E-state index in [2.05, 4.69) is 0 Å². The van der Waals surface area contributed by atoms with Crippen molar-refractivity contribution in [3.05, 3.63) is 27.7 Å². The number of ether oxygens (including phenoxy) is 1. The number of amides is 1. The first-order chi connectivity index (χ1) is 8.88. The molecule has 1 aromatic rings. The summed E-state index contributed by atoms with van der Waals surface area (Å²) in [5.74, 6) is -0.104. The van der Waals surface area contributed by atoms with E-state index in [0.29, 0.717) is 29.4 Å². The van der Waals surface area contributed by atoms with Crippen LogP contribution in [0.4, 0.5) is 5.69 Å². The lowest BCUT2D eigenvalue weighted by Crippen LogP contribution is -2.48. The number of carbonyl (C=O) groups is 1. The van der Waals surface area contributed by atoms with E-state index in [4.69, 9.17) is 33.7 Å². The number of morpholine rings is 1. The summed E-state index contributed by atoms with van der Waals surface area (Å²) < 4.78 is 5.60. The Morgan fingerprint density at radius 3 is 2.42 bits per heavy atom. The summed E-state index contributed by atoms with van der Waals surface area (Å²) in [5, 5.41) is 0.571. The molecule has 1 amide bonds. The van der Waals surface area contributed by atoms with Gasteiger partial charge in [-0.25, -0.2) is 0 Å². The van der Waals surface area contributed by atoms with Crippen molar-refractivity contribution in [1.82, 2.24) is 4.90 Å². The molecule has 1 heterocycles. The molecule has 0 saturated carbocycles. The molecule has 0 spiro atoms. The molecule has 19 heavy (non-hydrogen) atoms. The molecule has 1 aliphatic rings. The molecule has 1 aromatic carbocycles. The van der Waals surface area contributed by atoms with Gasteiger partial charge in [0.1, 0.15) is 0 Å². The monoisotopic (exact) mass is 302 g/mol. The van der Waals surface area contributed by atoms with Gasteiger partial charge in [0.2, 0.25) is 0 Å². The number of benzene rings is 1. The molecule has 104 valence electrons. The van der Waals surface area contributed by atoms with E-state index in [-0.39, 0.29) is 23.1 Å². The van der Waals surface area contributed by atoms with Gasteiger partial charge in [-0.05, 0) is 26.0 Å². The Morgan fingerprint density at radius 1 is 1.32 bits per heavy atom. The Kier molecular flexibility index (Phi) is 4.23. The Labute approximate surface area is 122 Å². The number of nitrogens with zero attached hydrogens (tertiary/aromatic N) is 1. The number of rotatable bonds is 1. The van der Waals surface area contributed by atoms with E-state index < -0.39 is 0 Å². The molecule has 0 bridgehead atoms. The van der Waals surface area contributed by atoms with Crippen LogP contribution in [-0.4, -0.2) is 36.1 Å². The van der Waals surface area contributed by atoms with Crippen LogP contribution in [-0.2, 0) is 4.74 Å². The Hall–Kier alpha value is -0.970. The Balaban J connectivity index is 2.24. The first kappa shape index (κ1) is 14.4. The molecule has 1 aliphatic heterocycles. The van der Waals surface area contributed by atoms with Crippen LogP contribution in [0.1, 0.15) is 24.2 Å². The molecule has 4 nitrogen and oxygen atoms in total. The summed E-state index contributed by atoms with van der Waals surface area (Å²) in [7, 11) is 0. The zero-order valence-electron chi connectivity index (χ0n) is 10.8. The van der Waals surface area contributed by atoms with Crippen molar-refractivity contribution in [2.45, 2.75) is 26.1 Å². The summed E-state index contributed by atoms with van der Waals surface area (Å²) in [4.78, 5) is 14.2. The quantitative estimate of drug-likeness (QED) is 0.812. The molecule has 0 unspecified atom stereocenters. The highest BCUT2D eigenvalue weighted by molar-refractivity contribution is 6.43. The lowest BCUT2D eigenvalue weighted by atomic mass is 10.1. The molecule has 2 N–H and O–H groups in total. The summed E-state index contributed by atoms with van der Waals surface area (Å²) in [5.41, 5.74) is 6.50. The van der Waals surface area contributed by atoms with Crippen LogP contribution < -0.4 is 5.73 Å². The zero-order valence-corrected chi connectivity index (χ0v) is 12.3. The molecule has 0 aromatic heterocycles. The summed E-state index contributed by atoms with van der Waals surface area (Å²) in [6.45, 7) is 5.00. The number of halogens is 2. The number of carbonyl (C=O) groups excluding carboxylic acids is 1. The highest BCUT2D eigenvalue weighted by Crippen LogP contribution is 2.30. The van der Waals surface area contributed by atoms with Crippen molar-refractivity contribution in [2.24, 2.45) is 0 Å². The number of hydrogen-bond donors (Lipinski definition) is 1. The minimum Gasteiger partial charge on any atom is -0.397 e. The van der Waals surface area contributed by atoms with Crippen molar-refractivity contribution in [2.75, 3.05) is 18.8 Å². The molecule has 6 heteroatoms. The van der Waals surface area contributed by atoms with Gasteiger partial charge in [0.25, 0.3) is 5.91 Å². The van der Waals surface area contributed by atoms with Crippen LogP contribution in [0.5, 0.6) is 0 Å². The van der Waals surface area contributed by atoms with Gasteiger partial charge in [0.05, 0.1) is 27.9 Å². The molecular weight excluding hydrogens is 287 g/mol. The van der Waals surface area contributed by atoms with Gasteiger partial charge in [0, 0.05) is 18.7 Å². The van der Waals surface area contributed by atoms with E-state index >= 15 is 0 Å². The maximum absolute atomic E-state index is 12.4. The Bertz CT molecular complexity index is 474. The minimum absolute atomic E-state index is 0.0211. The standard InChI is InChI=1S/C13H16Cl2N2O2/c1-7-5-17(6-8(2)19-7)13(18)9-3-10(14)12(15)11(16)4-9/h3-4,7-8H,5-6,16H2,1-2H3/t7-,8+. The van der Waals surface area contributed by atoms with Crippen molar-refractivity contribution in [1.29, 1.82) is 0 Å². The maximum Gasteiger partial charge on any atom is 0.254 e. The van der Waals surface area contributed by atoms with E-state index in [0.717, 1.165) is 0 Å². The van der Waals surface area contributed by atoms with Crippen molar-refractivity contribution in [3.63, 3.8) is 0 Å². The fraction of sp³-hybridized carbons (Fsp3) is 0.462. The minimum atomic E-state index is -0.104. The number of nitrogen functional groups attached to an aromatic ring is 1. The number of nitrogens with two attached hydrogens (primary N) is 1. The highest BCUT2D eigenvalue weighted by atomic mass is 35.5. The largest absolute Gasteiger partial charge is 0.397 e. The van der Waals surface area contributed by atoms with E-state index in [1.165, 1.54) is 0 Å². The predicted molar refractivity (Wildman–Crippen MR) is 76.8 cm³/mol. The smallest absolute Gasteiger partial charge is 0.254 e. The molecule has 2 rings (SSSR count). The summed E-state index contributed by atoms with van der Waals surface area (Å²) in [6, 6.07) is 3.11. The topological polar surface area (TPSA) is 55.6 Å². The maximum atomic E-state index is 12.4. The Morgan fingerprint density at radius 2 is 1.89 bits per heavy atom. The van der Waals surface area contributed by atoms with Crippen molar-refractivity contribution >= 4 is 34.8 Å². The SMILES string of the molecule is C[C@@H]1CN(C(=O)c2cc(N)c(Cl)c(Cl)c2)C[C@H](C)O1. The molecule has 0 aliphatic carbocycles. The number of hydrogen-bond acceptors (Lipinski definition) is 3. The van der Waals surface area contributed by atoms with E-state index in [1.807, 2.05) is 13.8 Å². The molecular formula is C13H16Cl2N2O2. The lowest BCUT2D eigenvalue weighted by molar-refractivity contribution is -0.0586. The van der Waals surface area contributed by atoms with Crippen LogP contribution in [0.15, 0.2) is 12.1 Å². The summed E-state index contributed by atoms with van der Waals surface area (Å²) >= 11 is 11.8. The second kappa shape index (κ2) is 5.57. The van der Waals surface area contributed by atoms with Crippen LogP contribution in [0.3, 0.4) is 0 Å². The van der Waals surface area contributed by atoms with Crippen LogP contribution in [0.2, 0.25) is 10.0 Å². The third-order valence-corrected chi connectivity index (χ3v) is 3.83. The third-order valence-electron chi connectivity index (χ3n) is 3.01. The van der Waals surface area contributed by atoms with Crippen molar-refractivity contribution in [3.8, 4) is 0 Å².